The number of carbonyl (C=O) groups excluding carboxylic acids is 1. The minimum atomic E-state index is -0.434. The van der Waals surface area contributed by atoms with E-state index in [-0.39, 0.29) is 6.09 Å². The van der Waals surface area contributed by atoms with Gasteiger partial charge in [0, 0.05) is 24.9 Å². The molecule has 0 bridgehead atoms. The fourth-order valence-electron chi connectivity index (χ4n) is 1.14. The Balaban J connectivity index is 2.18. The van der Waals surface area contributed by atoms with Crippen LogP contribution >= 0.6 is 0 Å². The normalized spacial score (nSPS) is 11.1. The minimum absolute atomic E-state index is 0.367. The lowest BCUT2D eigenvalue weighted by atomic mass is 10.2. The Morgan fingerprint density at radius 3 is 2.80 bits per heavy atom. The van der Waals surface area contributed by atoms with E-state index in [1.165, 1.54) is 0 Å². The number of aromatic nitrogens is 1. The van der Waals surface area contributed by atoms with Crippen LogP contribution in [0.25, 0.3) is 0 Å². The molecule has 4 nitrogen and oxygen atoms in total. The number of rotatable bonds is 3. The van der Waals surface area contributed by atoms with Crippen molar-refractivity contribution in [3.05, 3.63) is 24.0 Å². The molecule has 0 unspecified atom stereocenters. The molecule has 0 spiro atoms. The molecule has 1 heterocycles. The van der Waals surface area contributed by atoms with E-state index in [4.69, 9.17) is 4.74 Å². The molecule has 0 aliphatic rings. The first-order chi connectivity index (χ1) is 6.97. The van der Waals surface area contributed by atoms with Crippen molar-refractivity contribution in [2.24, 2.45) is 0 Å². The van der Waals surface area contributed by atoms with Gasteiger partial charge in [-0.3, -0.25) is 0 Å². The highest BCUT2D eigenvalue weighted by Gasteiger charge is 2.15. The third-order valence-corrected chi connectivity index (χ3v) is 1.72. The van der Waals surface area contributed by atoms with Crippen molar-refractivity contribution in [3.63, 3.8) is 0 Å². The van der Waals surface area contributed by atoms with Gasteiger partial charge in [0.15, 0.2) is 0 Å². The summed E-state index contributed by atoms with van der Waals surface area (Å²) in [6, 6.07) is 3.92. The molecule has 15 heavy (non-hydrogen) atoms. The molecule has 0 radical (unpaired) electrons. The molecular weight excluding hydrogens is 192 g/mol. The molecule has 0 saturated heterocycles. The molecule has 0 aliphatic carbocycles. The van der Waals surface area contributed by atoms with E-state index >= 15 is 0 Å². The molecule has 0 aliphatic heterocycles. The Labute approximate surface area is 90.0 Å². The van der Waals surface area contributed by atoms with Gasteiger partial charge in [-0.05, 0) is 32.9 Å². The zero-order chi connectivity index (χ0) is 11.3. The molecule has 1 amide bonds. The number of hydrogen-bond donors (Lipinski definition) is 2. The van der Waals surface area contributed by atoms with Crippen molar-refractivity contribution in [2.45, 2.75) is 32.8 Å². The number of aromatic amines is 1. The van der Waals surface area contributed by atoms with E-state index in [9.17, 15) is 4.79 Å². The molecule has 1 aromatic heterocycles. The van der Waals surface area contributed by atoms with Crippen LogP contribution in [0.15, 0.2) is 18.3 Å². The Morgan fingerprint density at radius 2 is 2.27 bits per heavy atom. The number of alkyl carbamates (subject to hydrolysis) is 1. The molecule has 0 fully saturated rings. The third-order valence-electron chi connectivity index (χ3n) is 1.72. The van der Waals surface area contributed by atoms with Gasteiger partial charge >= 0.3 is 6.09 Å². The van der Waals surface area contributed by atoms with Gasteiger partial charge in [0.05, 0.1) is 0 Å². The van der Waals surface area contributed by atoms with Crippen molar-refractivity contribution < 1.29 is 9.53 Å². The topological polar surface area (TPSA) is 54.1 Å². The standard InChI is InChI=1S/C11H18N2O2/c1-11(2,3)15-10(14)13-8-6-9-5-4-7-12-9/h4-5,7,12H,6,8H2,1-3H3,(H,13,14). The largest absolute Gasteiger partial charge is 0.444 e. The number of carbonyl (C=O) groups is 1. The first kappa shape index (κ1) is 11.6. The van der Waals surface area contributed by atoms with Gasteiger partial charge in [0.25, 0.3) is 0 Å². The summed E-state index contributed by atoms with van der Waals surface area (Å²) in [6.07, 6.45) is 2.28. The maximum absolute atomic E-state index is 11.2. The van der Waals surface area contributed by atoms with E-state index in [2.05, 4.69) is 10.3 Å². The van der Waals surface area contributed by atoms with Crippen LogP contribution in [0.5, 0.6) is 0 Å². The van der Waals surface area contributed by atoms with Crippen molar-refractivity contribution in [3.8, 4) is 0 Å². The Morgan fingerprint density at radius 1 is 1.53 bits per heavy atom. The number of ether oxygens (including phenoxy) is 1. The number of amides is 1. The number of hydrogen-bond acceptors (Lipinski definition) is 2. The van der Waals surface area contributed by atoms with Gasteiger partial charge in [-0.15, -0.1) is 0 Å². The van der Waals surface area contributed by atoms with Crippen LogP contribution in [-0.2, 0) is 11.2 Å². The van der Waals surface area contributed by atoms with Crippen molar-refractivity contribution in [1.29, 1.82) is 0 Å². The zero-order valence-corrected chi connectivity index (χ0v) is 9.46. The second-order valence-electron chi connectivity index (χ2n) is 4.37. The summed E-state index contributed by atoms with van der Waals surface area (Å²) in [4.78, 5) is 14.3. The third kappa shape index (κ3) is 5.10. The van der Waals surface area contributed by atoms with Crippen molar-refractivity contribution in [1.82, 2.24) is 10.3 Å². The summed E-state index contributed by atoms with van der Waals surface area (Å²) in [5, 5.41) is 2.70. The predicted molar refractivity (Wildman–Crippen MR) is 58.7 cm³/mol. The average molecular weight is 210 g/mol. The van der Waals surface area contributed by atoms with Crippen LogP contribution in [0, 0.1) is 0 Å². The van der Waals surface area contributed by atoms with Gasteiger partial charge < -0.3 is 15.0 Å². The monoisotopic (exact) mass is 210 g/mol. The SMILES string of the molecule is CC(C)(C)OC(=O)NCCc1ccc[nH]1. The molecular formula is C11H18N2O2. The summed E-state index contributed by atoms with van der Waals surface area (Å²) in [7, 11) is 0. The van der Waals surface area contributed by atoms with E-state index in [1.807, 2.05) is 39.1 Å². The van der Waals surface area contributed by atoms with Gasteiger partial charge in [-0.2, -0.15) is 0 Å². The van der Waals surface area contributed by atoms with E-state index < -0.39 is 5.60 Å². The maximum Gasteiger partial charge on any atom is 0.407 e. The molecule has 1 aromatic rings. The first-order valence-electron chi connectivity index (χ1n) is 5.06. The smallest absolute Gasteiger partial charge is 0.407 e. The first-order valence-corrected chi connectivity index (χ1v) is 5.06. The lowest BCUT2D eigenvalue weighted by Gasteiger charge is -2.19. The molecule has 0 saturated carbocycles. The summed E-state index contributed by atoms with van der Waals surface area (Å²) in [6.45, 7) is 6.11. The highest BCUT2D eigenvalue weighted by atomic mass is 16.6. The fraction of sp³-hybridized carbons (Fsp3) is 0.545. The van der Waals surface area contributed by atoms with E-state index in [0.717, 1.165) is 12.1 Å². The van der Waals surface area contributed by atoms with Gasteiger partial charge in [0.2, 0.25) is 0 Å². The molecule has 1 rings (SSSR count). The Hall–Kier alpha value is -1.45. The van der Waals surface area contributed by atoms with Gasteiger partial charge in [0.1, 0.15) is 5.60 Å². The van der Waals surface area contributed by atoms with Crippen LogP contribution < -0.4 is 5.32 Å². The zero-order valence-electron chi connectivity index (χ0n) is 9.46. The number of H-pyrrole nitrogens is 1. The summed E-state index contributed by atoms with van der Waals surface area (Å²) in [5.41, 5.74) is 0.669. The summed E-state index contributed by atoms with van der Waals surface area (Å²) in [5.74, 6) is 0. The van der Waals surface area contributed by atoms with Crippen LogP contribution in [0.2, 0.25) is 0 Å². The molecule has 0 aromatic carbocycles. The van der Waals surface area contributed by atoms with Crippen LogP contribution in [-0.4, -0.2) is 23.2 Å². The highest BCUT2D eigenvalue weighted by Crippen LogP contribution is 2.06. The summed E-state index contributed by atoms with van der Waals surface area (Å²) >= 11 is 0. The second-order valence-corrected chi connectivity index (χ2v) is 4.37. The fourth-order valence-corrected chi connectivity index (χ4v) is 1.14. The predicted octanol–water partition coefficient (Wildman–Crippen LogP) is 2.08. The van der Waals surface area contributed by atoms with E-state index in [0.29, 0.717) is 6.54 Å². The van der Waals surface area contributed by atoms with Crippen LogP contribution in [0.3, 0.4) is 0 Å². The lowest BCUT2D eigenvalue weighted by Crippen LogP contribution is -2.33. The summed E-state index contributed by atoms with van der Waals surface area (Å²) < 4.78 is 5.10. The van der Waals surface area contributed by atoms with Crippen molar-refractivity contribution in [2.75, 3.05) is 6.54 Å². The van der Waals surface area contributed by atoms with E-state index in [1.54, 1.807) is 0 Å². The molecule has 2 N–H and O–H groups in total. The van der Waals surface area contributed by atoms with Crippen LogP contribution in [0.4, 0.5) is 4.79 Å². The van der Waals surface area contributed by atoms with Crippen LogP contribution in [0.1, 0.15) is 26.5 Å². The van der Waals surface area contributed by atoms with Crippen molar-refractivity contribution >= 4 is 6.09 Å². The average Bonchev–Trinajstić information content (AvgIpc) is 2.53. The minimum Gasteiger partial charge on any atom is -0.444 e. The second kappa shape index (κ2) is 4.87. The molecule has 84 valence electrons. The Bertz CT molecular complexity index is 299. The maximum atomic E-state index is 11.2. The van der Waals surface area contributed by atoms with Gasteiger partial charge in [-0.25, -0.2) is 4.79 Å². The quantitative estimate of drug-likeness (QED) is 0.802. The molecule has 4 heteroatoms. The Kier molecular flexibility index (Phi) is 3.77. The molecule has 0 atom stereocenters. The van der Waals surface area contributed by atoms with Gasteiger partial charge in [-0.1, -0.05) is 0 Å². The number of nitrogens with one attached hydrogen (secondary N) is 2. The lowest BCUT2D eigenvalue weighted by molar-refractivity contribution is 0.0528. The highest BCUT2D eigenvalue weighted by molar-refractivity contribution is 5.67.